The number of carbonyl (C=O) groups excluding carboxylic acids is 3. The van der Waals surface area contributed by atoms with E-state index in [0.29, 0.717) is 55.0 Å². The van der Waals surface area contributed by atoms with Crippen molar-refractivity contribution in [3.05, 3.63) is 62.4 Å². The number of aromatic nitrogens is 2. The summed E-state index contributed by atoms with van der Waals surface area (Å²) >= 11 is 0. The molecule has 0 aliphatic carbocycles. The van der Waals surface area contributed by atoms with Crippen LogP contribution in [0, 0.1) is 5.92 Å². The van der Waals surface area contributed by atoms with Gasteiger partial charge >= 0.3 is 18.0 Å². The number of esters is 2. The number of likely N-dealkylation sites (tertiary alicyclic amines) is 1. The highest BCUT2D eigenvalue weighted by molar-refractivity contribution is 6.08. The van der Waals surface area contributed by atoms with Gasteiger partial charge in [-0.05, 0) is 64.2 Å². The van der Waals surface area contributed by atoms with Crippen LogP contribution in [0.2, 0.25) is 0 Å². The lowest BCUT2D eigenvalue weighted by molar-refractivity contribution is -0.192. The van der Waals surface area contributed by atoms with E-state index in [1.54, 1.807) is 16.4 Å². The fourth-order valence-corrected chi connectivity index (χ4v) is 6.87. The molecule has 1 atom stereocenters. The van der Waals surface area contributed by atoms with Gasteiger partial charge in [-0.2, -0.15) is 0 Å². The fraction of sp³-hybridized carbons (Fsp3) is 0.500. The summed E-state index contributed by atoms with van der Waals surface area (Å²) in [5.74, 6) is -1.75. The minimum absolute atomic E-state index is 0.0994. The summed E-state index contributed by atoms with van der Waals surface area (Å²) in [7, 11) is 2.12. The van der Waals surface area contributed by atoms with Crippen molar-refractivity contribution in [2.45, 2.75) is 91.0 Å². The van der Waals surface area contributed by atoms with Crippen LogP contribution in [0.25, 0.3) is 22.3 Å². The van der Waals surface area contributed by atoms with Crippen LogP contribution in [0.4, 0.5) is 4.79 Å². The first-order valence-corrected chi connectivity index (χ1v) is 16.0. The van der Waals surface area contributed by atoms with Gasteiger partial charge in [0.25, 0.3) is 5.56 Å². The van der Waals surface area contributed by atoms with Crippen molar-refractivity contribution in [2.24, 2.45) is 5.92 Å². The molecule has 0 radical (unpaired) electrons. The molecular weight excluding hydrogens is 573 g/mol. The van der Waals surface area contributed by atoms with Crippen LogP contribution in [-0.2, 0) is 55.3 Å². The smallest absolute Gasteiger partial charge is 0.410 e. The summed E-state index contributed by atoms with van der Waals surface area (Å²) in [5, 5.41) is 1.09. The number of pyridine rings is 2. The minimum Gasteiger partial charge on any atom is -0.457 e. The van der Waals surface area contributed by atoms with E-state index < -0.39 is 35.2 Å². The topological polar surface area (TPSA) is 117 Å². The highest BCUT2D eigenvalue weighted by Crippen LogP contribution is 2.43. The van der Waals surface area contributed by atoms with Gasteiger partial charge in [0.2, 0.25) is 5.60 Å². The second-order valence-corrected chi connectivity index (χ2v) is 13.2. The van der Waals surface area contributed by atoms with Crippen molar-refractivity contribution in [3.63, 3.8) is 0 Å². The Kier molecular flexibility index (Phi) is 7.77. The van der Waals surface area contributed by atoms with Gasteiger partial charge in [-0.15, -0.1) is 0 Å². The van der Waals surface area contributed by atoms with Crippen LogP contribution >= 0.6 is 0 Å². The molecule has 11 heteroatoms. The Hall–Kier alpha value is -4.15. The van der Waals surface area contributed by atoms with Crippen LogP contribution in [0.5, 0.6) is 0 Å². The molecule has 1 saturated heterocycles. The Balaban J connectivity index is 1.35. The number of benzene rings is 1. The van der Waals surface area contributed by atoms with Gasteiger partial charge in [-0.1, -0.05) is 37.9 Å². The molecule has 1 unspecified atom stereocenters. The van der Waals surface area contributed by atoms with Gasteiger partial charge in [0.1, 0.15) is 20.1 Å². The molecule has 45 heavy (non-hydrogen) atoms. The van der Waals surface area contributed by atoms with E-state index in [9.17, 15) is 19.2 Å². The maximum Gasteiger partial charge on any atom is 0.410 e. The van der Waals surface area contributed by atoms with Crippen molar-refractivity contribution in [1.29, 1.82) is 0 Å². The number of cyclic esters (lactones) is 1. The average Bonchev–Trinajstić information content (AvgIpc) is 3.38. The number of fused-ring (bicyclic) bond motifs is 5. The third-order valence-corrected chi connectivity index (χ3v) is 9.35. The molecule has 3 aliphatic rings. The minimum atomic E-state index is -1.76. The van der Waals surface area contributed by atoms with Crippen molar-refractivity contribution in [2.75, 3.05) is 13.1 Å². The van der Waals surface area contributed by atoms with Crippen LogP contribution in [0.15, 0.2) is 29.1 Å². The second-order valence-electron chi connectivity index (χ2n) is 13.2. The quantitative estimate of drug-likeness (QED) is 0.189. The maximum absolute atomic E-state index is 14.0. The van der Waals surface area contributed by atoms with E-state index in [1.807, 2.05) is 32.9 Å². The zero-order valence-electron chi connectivity index (χ0n) is 27.0. The molecule has 0 saturated carbocycles. The number of carbonyl (C=O) groups is 3. The Labute approximate surface area is 263 Å². The molecule has 3 aromatic rings. The number of aryl methyl sites for hydroxylation is 1. The third-order valence-electron chi connectivity index (χ3n) is 9.35. The molecule has 236 valence electrons. The lowest BCUT2D eigenvalue weighted by atomic mass is 9.85. The Morgan fingerprint density at radius 3 is 2.49 bits per heavy atom. The van der Waals surface area contributed by atoms with Crippen LogP contribution < -0.4 is 5.56 Å². The summed E-state index contributed by atoms with van der Waals surface area (Å²) < 4.78 is 18.8. The largest absolute Gasteiger partial charge is 0.457 e. The predicted molar refractivity (Wildman–Crippen MR) is 171 cm³/mol. The molecule has 10 nitrogen and oxygen atoms in total. The van der Waals surface area contributed by atoms with Crippen molar-refractivity contribution in [1.82, 2.24) is 14.5 Å². The van der Waals surface area contributed by atoms with Gasteiger partial charge in [0.05, 0.1) is 34.9 Å². The lowest BCUT2D eigenvalue weighted by Gasteiger charge is -2.38. The van der Waals surface area contributed by atoms with E-state index in [1.165, 1.54) is 5.56 Å². The van der Waals surface area contributed by atoms with Gasteiger partial charge in [-0.3, -0.25) is 9.59 Å². The SMILES string of the molecule is BCc1ccc2nc3c(c(CC)c2c1)Cn1c-3cc2c(c1=O)COC(=O)C2(CC)OC(=O)C1CCN(C(=O)OC(C)(C)C)CC1. The summed E-state index contributed by atoms with van der Waals surface area (Å²) in [6, 6.07) is 8.09. The van der Waals surface area contributed by atoms with E-state index in [2.05, 4.69) is 26.9 Å². The molecule has 1 amide bonds. The van der Waals surface area contributed by atoms with Crippen molar-refractivity contribution in [3.8, 4) is 11.4 Å². The number of hydrogen-bond donors (Lipinski definition) is 0. The first-order valence-electron chi connectivity index (χ1n) is 16.0. The number of rotatable bonds is 5. The Morgan fingerprint density at radius 1 is 1.11 bits per heavy atom. The number of amides is 1. The number of nitrogens with zero attached hydrogens (tertiary/aromatic N) is 3. The van der Waals surface area contributed by atoms with E-state index in [-0.39, 0.29) is 18.6 Å². The zero-order valence-corrected chi connectivity index (χ0v) is 27.0. The molecule has 3 aliphatic heterocycles. The highest BCUT2D eigenvalue weighted by Gasteiger charge is 2.51. The summed E-state index contributed by atoms with van der Waals surface area (Å²) in [6.45, 7) is 10.1. The van der Waals surface area contributed by atoms with Crippen molar-refractivity contribution >= 4 is 36.8 Å². The van der Waals surface area contributed by atoms with Gasteiger partial charge in [-0.25, -0.2) is 14.6 Å². The number of ether oxygens (including phenoxy) is 3. The van der Waals surface area contributed by atoms with Crippen LogP contribution in [0.1, 0.15) is 81.7 Å². The average molecular weight is 614 g/mol. The van der Waals surface area contributed by atoms with Crippen LogP contribution in [-0.4, -0.2) is 59.0 Å². The Morgan fingerprint density at radius 2 is 1.84 bits per heavy atom. The first kappa shape index (κ1) is 30.9. The highest BCUT2D eigenvalue weighted by atomic mass is 16.6. The third kappa shape index (κ3) is 5.19. The first-order chi connectivity index (χ1) is 21.4. The Bertz CT molecular complexity index is 1790. The normalized spacial score (nSPS) is 19.5. The molecule has 0 N–H and O–H groups in total. The van der Waals surface area contributed by atoms with Crippen LogP contribution in [0.3, 0.4) is 0 Å². The summed E-state index contributed by atoms with van der Waals surface area (Å²) in [5.41, 5.74) is 3.60. The molecule has 1 fully saturated rings. The van der Waals surface area contributed by atoms with E-state index in [0.717, 1.165) is 34.8 Å². The van der Waals surface area contributed by atoms with Gasteiger partial charge in [0, 0.05) is 29.6 Å². The zero-order chi connectivity index (χ0) is 32.3. The van der Waals surface area contributed by atoms with Gasteiger partial charge < -0.3 is 23.7 Å². The molecule has 2 aromatic heterocycles. The van der Waals surface area contributed by atoms with E-state index in [4.69, 9.17) is 19.2 Å². The monoisotopic (exact) mass is 613 g/mol. The molecule has 0 spiro atoms. The van der Waals surface area contributed by atoms with E-state index >= 15 is 0 Å². The predicted octanol–water partition coefficient (Wildman–Crippen LogP) is 3.97. The molecular formula is C34H40BN3O7. The summed E-state index contributed by atoms with van der Waals surface area (Å²) in [4.78, 5) is 60.3. The number of piperidine rings is 1. The molecule has 5 heterocycles. The molecule has 1 aromatic carbocycles. The second kappa shape index (κ2) is 11.3. The molecule has 0 bridgehead atoms. The lowest BCUT2D eigenvalue weighted by Crippen LogP contribution is -2.49. The molecule has 6 rings (SSSR count). The summed E-state index contributed by atoms with van der Waals surface area (Å²) in [6.07, 6.45) is 2.12. The number of hydrogen-bond acceptors (Lipinski definition) is 8. The maximum atomic E-state index is 14.0. The standard InChI is InChI=1S/C34H40BN3O7/c1-6-21-22-14-19(16-35)8-9-26(22)36-28-23(21)17-38-27(28)15-25-24(29(38)39)18-43-31(41)34(25,7-2)44-30(40)20-10-12-37(13-11-20)32(42)45-33(3,4)5/h8-9,14-15,20H,6-7,10-13,16-18,35H2,1-5H3. The fourth-order valence-electron chi connectivity index (χ4n) is 6.87. The van der Waals surface area contributed by atoms with Crippen molar-refractivity contribution < 1.29 is 28.6 Å². The van der Waals surface area contributed by atoms with Gasteiger partial charge in [0.15, 0.2) is 0 Å².